The topological polar surface area (TPSA) is 78.7 Å². The highest BCUT2D eigenvalue weighted by molar-refractivity contribution is 5.91. The van der Waals surface area contributed by atoms with Gasteiger partial charge in [-0.05, 0) is 17.2 Å². The maximum Gasteiger partial charge on any atom is 0.338 e. The van der Waals surface area contributed by atoms with E-state index >= 15 is 0 Å². The van der Waals surface area contributed by atoms with Crippen LogP contribution < -0.4 is 0 Å². The van der Waals surface area contributed by atoms with Gasteiger partial charge in [0.1, 0.15) is 6.10 Å². The predicted molar refractivity (Wildman–Crippen MR) is 78.7 cm³/mol. The van der Waals surface area contributed by atoms with E-state index in [2.05, 4.69) is 0 Å². The quantitative estimate of drug-likeness (QED) is 0.465. The lowest BCUT2D eigenvalue weighted by molar-refractivity contribution is -0.771. The number of benzene rings is 2. The standard InChI is InChI=1S/C16H15NO5/c1-21-16(18)14-10-6-5-9-13(14)15(22-17(19)20)11-12-7-3-2-4-8-12/h2-10,15H,11H2,1H3. The van der Waals surface area contributed by atoms with Crippen molar-refractivity contribution < 1.29 is 19.5 Å². The van der Waals surface area contributed by atoms with E-state index in [4.69, 9.17) is 9.57 Å². The highest BCUT2D eigenvalue weighted by Crippen LogP contribution is 2.26. The molecular weight excluding hydrogens is 286 g/mol. The summed E-state index contributed by atoms with van der Waals surface area (Å²) in [5, 5.41) is 9.95. The fourth-order valence-electron chi connectivity index (χ4n) is 2.21. The summed E-state index contributed by atoms with van der Waals surface area (Å²) in [6, 6.07) is 15.8. The Balaban J connectivity index is 2.37. The van der Waals surface area contributed by atoms with Crippen LogP contribution in [0.4, 0.5) is 0 Å². The zero-order valence-electron chi connectivity index (χ0n) is 12.0. The fourth-order valence-corrected chi connectivity index (χ4v) is 2.21. The molecule has 22 heavy (non-hydrogen) atoms. The molecule has 6 heteroatoms. The molecule has 2 rings (SSSR count). The number of ether oxygens (including phenoxy) is 1. The van der Waals surface area contributed by atoms with Crippen LogP contribution in [0.1, 0.15) is 27.6 Å². The lowest BCUT2D eigenvalue weighted by Crippen LogP contribution is -2.16. The number of methoxy groups -OCH3 is 1. The molecule has 1 atom stereocenters. The van der Waals surface area contributed by atoms with Crippen molar-refractivity contribution >= 4 is 5.97 Å². The molecule has 0 amide bonds. The SMILES string of the molecule is COC(=O)c1ccccc1C(Cc1ccccc1)O[N+](=O)[O-]. The van der Waals surface area contributed by atoms with Crippen LogP contribution in [0, 0.1) is 10.1 Å². The average molecular weight is 301 g/mol. The maximum absolute atomic E-state index is 11.8. The minimum Gasteiger partial charge on any atom is -0.465 e. The Bertz CT molecular complexity index is 657. The van der Waals surface area contributed by atoms with Gasteiger partial charge in [0.2, 0.25) is 0 Å². The molecule has 0 fully saturated rings. The third kappa shape index (κ3) is 3.82. The lowest BCUT2D eigenvalue weighted by atomic mass is 9.97. The molecule has 0 aliphatic rings. The molecule has 0 bridgehead atoms. The largest absolute Gasteiger partial charge is 0.465 e. The normalized spacial score (nSPS) is 11.5. The Morgan fingerprint density at radius 3 is 2.41 bits per heavy atom. The summed E-state index contributed by atoms with van der Waals surface area (Å²) in [7, 11) is 1.26. The first kappa shape index (κ1) is 15.5. The molecule has 0 heterocycles. The molecule has 6 nitrogen and oxygen atoms in total. The predicted octanol–water partition coefficient (Wildman–Crippen LogP) is 2.97. The molecule has 2 aromatic rings. The van der Waals surface area contributed by atoms with Crippen LogP contribution in [0.15, 0.2) is 54.6 Å². The number of hydrogen-bond donors (Lipinski definition) is 0. The van der Waals surface area contributed by atoms with E-state index in [1.54, 1.807) is 24.3 Å². The third-order valence-electron chi connectivity index (χ3n) is 3.19. The molecule has 0 radical (unpaired) electrons. The summed E-state index contributed by atoms with van der Waals surface area (Å²) in [5.41, 5.74) is 1.55. The molecule has 0 spiro atoms. The number of rotatable bonds is 6. The summed E-state index contributed by atoms with van der Waals surface area (Å²) in [6.07, 6.45) is -0.608. The first-order valence-electron chi connectivity index (χ1n) is 6.64. The van der Waals surface area contributed by atoms with Crippen LogP contribution in [0.3, 0.4) is 0 Å². The number of carbonyl (C=O) groups is 1. The second-order valence-corrected chi connectivity index (χ2v) is 4.59. The maximum atomic E-state index is 11.8. The first-order chi connectivity index (χ1) is 10.6. The van der Waals surface area contributed by atoms with Crippen LogP contribution in [0.2, 0.25) is 0 Å². The molecule has 1 unspecified atom stereocenters. The molecule has 0 saturated heterocycles. The van der Waals surface area contributed by atoms with Crippen molar-refractivity contribution in [2.45, 2.75) is 12.5 Å². The van der Waals surface area contributed by atoms with Gasteiger partial charge in [-0.1, -0.05) is 48.5 Å². The molecule has 0 saturated carbocycles. The number of nitrogens with zero attached hydrogens (tertiary/aromatic N) is 1. The summed E-state index contributed by atoms with van der Waals surface area (Å²) in [5.74, 6) is -0.555. The Hall–Kier alpha value is -2.89. The third-order valence-corrected chi connectivity index (χ3v) is 3.19. The zero-order chi connectivity index (χ0) is 15.9. The number of carbonyl (C=O) groups excluding carboxylic acids is 1. The molecule has 2 aromatic carbocycles. The van der Waals surface area contributed by atoms with E-state index in [1.807, 2.05) is 30.3 Å². The van der Waals surface area contributed by atoms with Crippen molar-refractivity contribution in [1.29, 1.82) is 0 Å². The van der Waals surface area contributed by atoms with Crippen LogP contribution in [0.25, 0.3) is 0 Å². The smallest absolute Gasteiger partial charge is 0.338 e. The van der Waals surface area contributed by atoms with Crippen LogP contribution >= 0.6 is 0 Å². The molecular formula is C16H15NO5. The first-order valence-corrected chi connectivity index (χ1v) is 6.64. The Kier molecular flexibility index (Phi) is 5.08. The molecule has 0 aliphatic heterocycles. The van der Waals surface area contributed by atoms with Gasteiger partial charge in [-0.3, -0.25) is 0 Å². The monoisotopic (exact) mass is 301 g/mol. The molecule has 0 aliphatic carbocycles. The van der Waals surface area contributed by atoms with Gasteiger partial charge >= 0.3 is 5.97 Å². The van der Waals surface area contributed by atoms with E-state index in [-0.39, 0.29) is 12.0 Å². The number of esters is 1. The van der Waals surface area contributed by atoms with Crippen LogP contribution in [-0.2, 0) is 16.0 Å². The van der Waals surface area contributed by atoms with Crippen molar-refractivity contribution in [2.24, 2.45) is 0 Å². The van der Waals surface area contributed by atoms with Crippen molar-refractivity contribution in [3.8, 4) is 0 Å². The molecule has 0 N–H and O–H groups in total. The summed E-state index contributed by atoms with van der Waals surface area (Å²) in [4.78, 5) is 27.4. The second kappa shape index (κ2) is 7.21. The van der Waals surface area contributed by atoms with Gasteiger partial charge in [0, 0.05) is 6.42 Å². The van der Waals surface area contributed by atoms with Gasteiger partial charge in [-0.15, -0.1) is 10.1 Å². The minimum absolute atomic E-state index is 0.257. The van der Waals surface area contributed by atoms with Gasteiger partial charge in [-0.25, -0.2) is 4.79 Å². The van der Waals surface area contributed by atoms with Crippen molar-refractivity contribution in [2.75, 3.05) is 7.11 Å². The Morgan fingerprint density at radius 2 is 1.77 bits per heavy atom. The zero-order valence-corrected chi connectivity index (χ0v) is 12.0. The summed E-state index contributed by atoms with van der Waals surface area (Å²) < 4.78 is 4.72. The fraction of sp³-hybridized carbons (Fsp3) is 0.188. The van der Waals surface area contributed by atoms with Gasteiger partial charge in [-0.2, -0.15) is 0 Å². The van der Waals surface area contributed by atoms with Gasteiger partial charge in [0.25, 0.3) is 5.09 Å². The summed E-state index contributed by atoms with van der Waals surface area (Å²) >= 11 is 0. The lowest BCUT2D eigenvalue weighted by Gasteiger charge is -2.18. The molecule has 114 valence electrons. The Morgan fingerprint density at radius 1 is 1.14 bits per heavy atom. The second-order valence-electron chi connectivity index (χ2n) is 4.59. The van der Waals surface area contributed by atoms with Gasteiger partial charge < -0.3 is 9.57 Å². The highest BCUT2D eigenvalue weighted by Gasteiger charge is 2.23. The van der Waals surface area contributed by atoms with Gasteiger partial charge in [0.05, 0.1) is 12.7 Å². The van der Waals surface area contributed by atoms with Gasteiger partial charge in [0.15, 0.2) is 0 Å². The van der Waals surface area contributed by atoms with Crippen molar-refractivity contribution in [3.63, 3.8) is 0 Å². The van der Waals surface area contributed by atoms with E-state index in [9.17, 15) is 14.9 Å². The Labute approximate surface area is 127 Å². The van der Waals surface area contributed by atoms with E-state index < -0.39 is 17.2 Å². The minimum atomic E-state index is -0.882. The van der Waals surface area contributed by atoms with Crippen molar-refractivity contribution in [3.05, 3.63) is 81.4 Å². The van der Waals surface area contributed by atoms with Crippen LogP contribution in [-0.4, -0.2) is 18.2 Å². The van der Waals surface area contributed by atoms with Crippen molar-refractivity contribution in [1.82, 2.24) is 0 Å². The van der Waals surface area contributed by atoms with Crippen LogP contribution in [0.5, 0.6) is 0 Å². The van der Waals surface area contributed by atoms with E-state index in [0.29, 0.717) is 5.56 Å². The molecule has 0 aromatic heterocycles. The highest BCUT2D eigenvalue weighted by atomic mass is 17.0. The van der Waals surface area contributed by atoms with E-state index in [1.165, 1.54) is 7.11 Å². The number of hydrogen-bond acceptors (Lipinski definition) is 5. The average Bonchev–Trinajstić information content (AvgIpc) is 2.54. The summed E-state index contributed by atoms with van der Waals surface area (Å²) in [6.45, 7) is 0. The van der Waals surface area contributed by atoms with E-state index in [0.717, 1.165) is 5.56 Å².